The summed E-state index contributed by atoms with van der Waals surface area (Å²) in [6, 6.07) is 0. The van der Waals surface area contributed by atoms with Crippen molar-refractivity contribution in [2.45, 2.75) is 13.5 Å². The van der Waals surface area contributed by atoms with Crippen LogP contribution >= 0.6 is 24.8 Å². The van der Waals surface area contributed by atoms with Crippen LogP contribution in [0.2, 0.25) is 0 Å². The van der Waals surface area contributed by atoms with Crippen LogP contribution in [0.4, 0.5) is 0 Å². The first-order valence-corrected chi connectivity index (χ1v) is 2.89. The first-order valence-electron chi connectivity index (χ1n) is 2.89. The van der Waals surface area contributed by atoms with E-state index in [0.717, 1.165) is 12.4 Å². The van der Waals surface area contributed by atoms with Crippen LogP contribution in [0.25, 0.3) is 0 Å². The van der Waals surface area contributed by atoms with Crippen molar-refractivity contribution in [2.24, 2.45) is 5.73 Å². The van der Waals surface area contributed by atoms with Crippen molar-refractivity contribution in [2.75, 3.05) is 6.54 Å². The lowest BCUT2D eigenvalue weighted by atomic mass is 10.6. The van der Waals surface area contributed by atoms with Gasteiger partial charge in [0, 0.05) is 13.1 Å². The summed E-state index contributed by atoms with van der Waals surface area (Å²) in [4.78, 5) is 0. The Morgan fingerprint density at radius 1 is 1.55 bits per heavy atom. The van der Waals surface area contributed by atoms with Gasteiger partial charge in [0.05, 0.1) is 0 Å². The molecular weight excluding hydrogens is 187 g/mol. The van der Waals surface area contributed by atoms with Crippen LogP contribution < -0.4 is 5.73 Å². The monoisotopic (exact) mass is 198 g/mol. The molecule has 0 atom stereocenters. The van der Waals surface area contributed by atoms with Gasteiger partial charge in [-0.2, -0.15) is 0 Å². The Kier molecular flexibility index (Phi) is 7.72. The smallest absolute Gasteiger partial charge is 0.129 e. The molecule has 1 heterocycles. The minimum Gasteiger partial charge on any atom is -0.329 e. The molecule has 0 spiro atoms. The van der Waals surface area contributed by atoms with Crippen molar-refractivity contribution in [3.05, 3.63) is 12.2 Å². The summed E-state index contributed by atoms with van der Waals surface area (Å²) in [7, 11) is 0. The number of rotatable bonds is 2. The summed E-state index contributed by atoms with van der Waals surface area (Å²) in [5.74, 6) is 0.917. The molecule has 0 fully saturated rings. The summed E-state index contributed by atoms with van der Waals surface area (Å²) >= 11 is 0. The maximum atomic E-state index is 5.31. The highest BCUT2D eigenvalue weighted by atomic mass is 35.5. The van der Waals surface area contributed by atoms with E-state index in [4.69, 9.17) is 5.73 Å². The number of hydrogen-bond acceptors (Lipinski definition) is 3. The molecule has 2 N–H and O–H groups in total. The number of aromatic nitrogens is 3. The van der Waals surface area contributed by atoms with Crippen molar-refractivity contribution in [1.82, 2.24) is 14.8 Å². The Morgan fingerprint density at radius 2 is 2.18 bits per heavy atom. The first kappa shape index (κ1) is 13.3. The predicted octanol–water partition coefficient (Wildman–Crippen LogP) is 0.389. The van der Waals surface area contributed by atoms with E-state index in [1.165, 1.54) is 0 Å². The molecule has 0 amide bonds. The van der Waals surface area contributed by atoms with Gasteiger partial charge in [-0.1, -0.05) is 0 Å². The van der Waals surface area contributed by atoms with E-state index >= 15 is 0 Å². The van der Waals surface area contributed by atoms with Gasteiger partial charge in [-0.05, 0) is 6.92 Å². The third-order valence-electron chi connectivity index (χ3n) is 1.18. The molecule has 0 saturated heterocycles. The third kappa shape index (κ3) is 3.55. The Morgan fingerprint density at radius 3 is 2.55 bits per heavy atom. The van der Waals surface area contributed by atoms with Gasteiger partial charge in [0.25, 0.3) is 0 Å². The summed E-state index contributed by atoms with van der Waals surface area (Å²) in [6.07, 6.45) is 1.68. The average molecular weight is 199 g/mol. The van der Waals surface area contributed by atoms with Gasteiger partial charge in [0.2, 0.25) is 0 Å². The highest BCUT2D eigenvalue weighted by Crippen LogP contribution is 1.88. The van der Waals surface area contributed by atoms with Gasteiger partial charge in [0.15, 0.2) is 0 Å². The molecule has 0 radical (unpaired) electrons. The lowest BCUT2D eigenvalue weighted by Crippen LogP contribution is -2.10. The minimum absolute atomic E-state index is 0. The van der Waals surface area contributed by atoms with Gasteiger partial charge >= 0.3 is 0 Å². The van der Waals surface area contributed by atoms with Crippen LogP contribution in [-0.2, 0) is 6.54 Å². The summed E-state index contributed by atoms with van der Waals surface area (Å²) < 4.78 is 1.92. The van der Waals surface area contributed by atoms with Crippen molar-refractivity contribution in [3.8, 4) is 0 Å². The highest BCUT2D eigenvalue weighted by Gasteiger charge is 1.93. The van der Waals surface area contributed by atoms with Crippen LogP contribution in [0.5, 0.6) is 0 Å². The number of nitrogens with zero attached hydrogens (tertiary/aromatic N) is 3. The van der Waals surface area contributed by atoms with E-state index in [1.54, 1.807) is 6.33 Å². The molecule has 11 heavy (non-hydrogen) atoms. The Balaban J connectivity index is 0. The van der Waals surface area contributed by atoms with Crippen LogP contribution in [0.3, 0.4) is 0 Å². The fourth-order valence-corrected chi connectivity index (χ4v) is 0.671. The Labute approximate surface area is 78.0 Å². The van der Waals surface area contributed by atoms with Crippen molar-refractivity contribution >= 4 is 24.8 Å². The molecule has 0 saturated carbocycles. The fraction of sp³-hybridized carbons (Fsp3) is 0.600. The lowest BCUT2D eigenvalue weighted by molar-refractivity contribution is 0.683. The molecule has 6 heteroatoms. The largest absolute Gasteiger partial charge is 0.329 e. The molecule has 1 aromatic heterocycles. The first-order chi connectivity index (χ1) is 4.34. The molecule has 0 aliphatic rings. The third-order valence-corrected chi connectivity index (χ3v) is 1.18. The topological polar surface area (TPSA) is 56.7 Å². The number of hydrogen-bond donors (Lipinski definition) is 1. The summed E-state index contributed by atoms with van der Waals surface area (Å²) in [5, 5.41) is 7.49. The second kappa shape index (κ2) is 6.39. The van der Waals surface area contributed by atoms with Gasteiger partial charge in [0.1, 0.15) is 12.2 Å². The van der Waals surface area contributed by atoms with Crippen molar-refractivity contribution in [3.63, 3.8) is 0 Å². The highest BCUT2D eigenvalue weighted by molar-refractivity contribution is 5.85. The van der Waals surface area contributed by atoms with Gasteiger partial charge in [-0.15, -0.1) is 35.0 Å². The summed E-state index contributed by atoms with van der Waals surface area (Å²) in [6.45, 7) is 3.35. The van der Waals surface area contributed by atoms with Crippen LogP contribution in [-0.4, -0.2) is 21.3 Å². The predicted molar refractivity (Wildman–Crippen MR) is 48.3 cm³/mol. The molecule has 1 aromatic rings. The molecule has 0 aromatic carbocycles. The molecule has 0 aliphatic heterocycles. The second-order valence-corrected chi connectivity index (χ2v) is 1.86. The lowest BCUT2D eigenvalue weighted by Gasteiger charge is -1.97. The van der Waals surface area contributed by atoms with Crippen molar-refractivity contribution < 1.29 is 0 Å². The minimum atomic E-state index is 0. The van der Waals surface area contributed by atoms with Crippen LogP contribution in [0.15, 0.2) is 6.33 Å². The van der Waals surface area contributed by atoms with Crippen molar-refractivity contribution in [1.29, 1.82) is 0 Å². The molecule has 0 bridgehead atoms. The maximum absolute atomic E-state index is 5.31. The normalized spacial score (nSPS) is 8.18. The van der Waals surface area contributed by atoms with Gasteiger partial charge in [-0.25, -0.2) is 0 Å². The van der Waals surface area contributed by atoms with E-state index < -0.39 is 0 Å². The number of nitrogens with two attached hydrogens (primary N) is 1. The molecule has 1 rings (SSSR count). The van der Waals surface area contributed by atoms with Crippen LogP contribution in [0, 0.1) is 6.92 Å². The standard InChI is InChI=1S/C5H10N4.2ClH/c1-5-8-7-4-9(5)3-2-6;;/h4H,2-3,6H2,1H3;2*1H. The molecule has 0 unspecified atom stereocenters. The molecule has 0 aliphatic carbocycles. The molecular formula is C5H12Cl2N4. The summed E-state index contributed by atoms with van der Waals surface area (Å²) in [5.41, 5.74) is 5.31. The maximum Gasteiger partial charge on any atom is 0.129 e. The van der Waals surface area contributed by atoms with E-state index in [-0.39, 0.29) is 24.8 Å². The average Bonchev–Trinajstić information content (AvgIpc) is 2.18. The zero-order valence-electron chi connectivity index (χ0n) is 6.23. The quantitative estimate of drug-likeness (QED) is 0.749. The van der Waals surface area contributed by atoms with Gasteiger partial charge < -0.3 is 10.3 Å². The number of halogens is 2. The zero-order chi connectivity index (χ0) is 6.69. The molecule has 4 nitrogen and oxygen atoms in total. The second-order valence-electron chi connectivity index (χ2n) is 1.86. The fourth-order valence-electron chi connectivity index (χ4n) is 0.671. The zero-order valence-corrected chi connectivity index (χ0v) is 7.86. The Bertz CT molecular complexity index is 188. The van der Waals surface area contributed by atoms with Gasteiger partial charge in [-0.3, -0.25) is 0 Å². The van der Waals surface area contributed by atoms with E-state index in [2.05, 4.69) is 10.2 Å². The van der Waals surface area contributed by atoms with Crippen LogP contribution in [0.1, 0.15) is 5.82 Å². The van der Waals surface area contributed by atoms with E-state index in [0.29, 0.717) is 6.54 Å². The number of aryl methyl sites for hydroxylation is 1. The van der Waals surface area contributed by atoms with E-state index in [1.807, 2.05) is 11.5 Å². The SMILES string of the molecule is Cc1nncn1CCN.Cl.Cl. The van der Waals surface area contributed by atoms with E-state index in [9.17, 15) is 0 Å². The Hall–Kier alpha value is -0.320. The molecule has 66 valence electrons.